The van der Waals surface area contributed by atoms with Gasteiger partial charge in [-0.3, -0.25) is 10.1 Å². The summed E-state index contributed by atoms with van der Waals surface area (Å²) in [6.07, 6.45) is 1.75. The third-order valence-corrected chi connectivity index (χ3v) is 4.84. The molecule has 5 heteroatoms. The number of thiophene rings is 1. The summed E-state index contributed by atoms with van der Waals surface area (Å²) in [4.78, 5) is 13.8. The van der Waals surface area contributed by atoms with Gasteiger partial charge in [0.25, 0.3) is 5.56 Å². The van der Waals surface area contributed by atoms with Gasteiger partial charge in [-0.05, 0) is 22.9 Å². The standard InChI is InChI=1S/C18H21N3OS/c1-18(2,3)16(15-9-6-10-23-15)19-12-21-17(22)14-8-5-4-7-13(14)11-20-21/h4-11,16,19H,12H2,1-3H3/t16-/m1/s1. The molecule has 0 aliphatic carbocycles. The molecular weight excluding hydrogens is 306 g/mol. The maximum Gasteiger partial charge on any atom is 0.275 e. The minimum absolute atomic E-state index is 0.0469. The van der Waals surface area contributed by atoms with Gasteiger partial charge in [0.2, 0.25) is 0 Å². The van der Waals surface area contributed by atoms with E-state index < -0.39 is 0 Å². The van der Waals surface area contributed by atoms with E-state index >= 15 is 0 Å². The van der Waals surface area contributed by atoms with E-state index in [2.05, 4.69) is 48.7 Å². The molecule has 120 valence electrons. The maximum atomic E-state index is 12.5. The third-order valence-electron chi connectivity index (χ3n) is 3.90. The summed E-state index contributed by atoms with van der Waals surface area (Å²) < 4.78 is 1.49. The van der Waals surface area contributed by atoms with Crippen LogP contribution in [0.25, 0.3) is 10.8 Å². The first kappa shape index (κ1) is 15.9. The van der Waals surface area contributed by atoms with E-state index in [-0.39, 0.29) is 17.0 Å². The monoisotopic (exact) mass is 327 g/mol. The second kappa shape index (κ2) is 6.26. The molecule has 3 aromatic rings. The average Bonchev–Trinajstić information content (AvgIpc) is 3.02. The van der Waals surface area contributed by atoms with Crippen molar-refractivity contribution in [3.8, 4) is 0 Å². The molecule has 1 N–H and O–H groups in total. The number of fused-ring (bicyclic) bond motifs is 1. The highest BCUT2D eigenvalue weighted by atomic mass is 32.1. The number of rotatable bonds is 4. The lowest BCUT2D eigenvalue weighted by molar-refractivity contribution is 0.254. The Morgan fingerprint density at radius 2 is 2.00 bits per heavy atom. The van der Waals surface area contributed by atoms with Crippen molar-refractivity contribution in [2.45, 2.75) is 33.5 Å². The van der Waals surface area contributed by atoms with Crippen molar-refractivity contribution in [3.05, 3.63) is 63.2 Å². The molecule has 0 radical (unpaired) electrons. The Hall–Kier alpha value is -1.98. The molecule has 1 atom stereocenters. The van der Waals surface area contributed by atoms with Gasteiger partial charge in [-0.2, -0.15) is 5.10 Å². The van der Waals surface area contributed by atoms with Gasteiger partial charge in [-0.1, -0.05) is 45.0 Å². The number of benzene rings is 1. The Bertz CT molecular complexity index is 847. The van der Waals surface area contributed by atoms with Crippen molar-refractivity contribution in [2.75, 3.05) is 0 Å². The van der Waals surface area contributed by atoms with Crippen LogP contribution in [0.4, 0.5) is 0 Å². The van der Waals surface area contributed by atoms with E-state index in [1.54, 1.807) is 17.5 Å². The molecule has 2 aromatic heterocycles. The Labute approximate surface area is 139 Å². The molecule has 0 saturated heterocycles. The van der Waals surface area contributed by atoms with Crippen molar-refractivity contribution >= 4 is 22.1 Å². The number of nitrogens with one attached hydrogen (secondary N) is 1. The SMILES string of the molecule is CC(C)(C)[C@H](NCn1ncc2ccccc2c1=O)c1cccs1. The highest BCUT2D eigenvalue weighted by molar-refractivity contribution is 7.10. The highest BCUT2D eigenvalue weighted by Crippen LogP contribution is 2.34. The molecule has 4 nitrogen and oxygen atoms in total. The summed E-state index contributed by atoms with van der Waals surface area (Å²) in [6.45, 7) is 6.98. The largest absolute Gasteiger partial charge is 0.290 e. The molecule has 0 bridgehead atoms. The molecule has 0 aliphatic rings. The van der Waals surface area contributed by atoms with Crippen molar-refractivity contribution in [3.63, 3.8) is 0 Å². The van der Waals surface area contributed by atoms with Crippen molar-refractivity contribution < 1.29 is 0 Å². The first-order chi connectivity index (χ1) is 11.0. The van der Waals surface area contributed by atoms with Crippen LogP contribution in [-0.2, 0) is 6.67 Å². The lowest BCUT2D eigenvalue weighted by Crippen LogP contribution is -2.37. The Morgan fingerprint density at radius 1 is 1.22 bits per heavy atom. The normalized spacial score (nSPS) is 13.3. The van der Waals surface area contributed by atoms with Crippen molar-refractivity contribution in [1.82, 2.24) is 15.1 Å². The summed E-state index contributed by atoms with van der Waals surface area (Å²) in [5, 5.41) is 11.4. The van der Waals surface area contributed by atoms with Gasteiger partial charge in [0.15, 0.2) is 0 Å². The smallest absolute Gasteiger partial charge is 0.275 e. The minimum atomic E-state index is -0.0607. The highest BCUT2D eigenvalue weighted by Gasteiger charge is 2.26. The van der Waals surface area contributed by atoms with Gasteiger partial charge >= 0.3 is 0 Å². The molecule has 0 amide bonds. The molecular formula is C18H21N3OS. The van der Waals surface area contributed by atoms with Crippen molar-refractivity contribution in [1.29, 1.82) is 0 Å². The van der Waals surface area contributed by atoms with E-state index in [0.717, 1.165) is 5.39 Å². The number of hydrogen-bond donors (Lipinski definition) is 1. The van der Waals surface area contributed by atoms with E-state index in [9.17, 15) is 4.79 Å². The van der Waals surface area contributed by atoms with Gasteiger partial charge in [0, 0.05) is 16.3 Å². The summed E-state index contributed by atoms with van der Waals surface area (Å²) in [6, 6.07) is 11.9. The first-order valence-electron chi connectivity index (χ1n) is 7.68. The second-order valence-corrected chi connectivity index (χ2v) is 7.69. The number of aromatic nitrogens is 2. The van der Waals surface area contributed by atoms with Crippen molar-refractivity contribution in [2.24, 2.45) is 5.41 Å². The summed E-state index contributed by atoms with van der Waals surface area (Å²) in [7, 11) is 0. The Balaban J connectivity index is 1.87. The second-order valence-electron chi connectivity index (χ2n) is 6.71. The fraction of sp³-hybridized carbons (Fsp3) is 0.333. The predicted molar refractivity (Wildman–Crippen MR) is 95.7 cm³/mol. The lowest BCUT2D eigenvalue weighted by atomic mass is 9.86. The van der Waals surface area contributed by atoms with E-state index in [0.29, 0.717) is 12.1 Å². The predicted octanol–water partition coefficient (Wildman–Crippen LogP) is 3.79. The van der Waals surface area contributed by atoms with Gasteiger partial charge < -0.3 is 0 Å². The molecule has 3 rings (SSSR count). The van der Waals surface area contributed by atoms with Crippen LogP contribution in [0, 0.1) is 5.41 Å². The van der Waals surface area contributed by atoms with Gasteiger partial charge in [-0.15, -0.1) is 11.3 Å². The lowest BCUT2D eigenvalue weighted by Gasteiger charge is -2.31. The Kier molecular flexibility index (Phi) is 4.33. The van der Waals surface area contributed by atoms with Crippen LogP contribution in [0.15, 0.2) is 52.8 Å². The zero-order chi connectivity index (χ0) is 16.4. The van der Waals surface area contributed by atoms with Crippen LogP contribution in [0.3, 0.4) is 0 Å². The van der Waals surface area contributed by atoms with Crippen LogP contribution in [0.1, 0.15) is 31.7 Å². The van der Waals surface area contributed by atoms with Crippen LogP contribution in [0.5, 0.6) is 0 Å². The topological polar surface area (TPSA) is 46.9 Å². The molecule has 0 saturated carbocycles. The zero-order valence-electron chi connectivity index (χ0n) is 13.6. The summed E-state index contributed by atoms with van der Waals surface area (Å²) in [5.41, 5.74) is -0.0138. The summed E-state index contributed by atoms with van der Waals surface area (Å²) >= 11 is 1.73. The minimum Gasteiger partial charge on any atom is -0.290 e. The molecule has 0 spiro atoms. The Morgan fingerprint density at radius 3 is 2.70 bits per heavy atom. The van der Waals surface area contributed by atoms with E-state index in [1.165, 1.54) is 9.56 Å². The van der Waals surface area contributed by atoms with Crippen LogP contribution in [0.2, 0.25) is 0 Å². The van der Waals surface area contributed by atoms with Gasteiger partial charge in [0.1, 0.15) is 0 Å². The van der Waals surface area contributed by atoms with E-state index in [1.807, 2.05) is 24.3 Å². The molecule has 2 heterocycles. The van der Waals surface area contributed by atoms with Gasteiger partial charge in [0.05, 0.1) is 18.3 Å². The van der Waals surface area contributed by atoms with E-state index in [4.69, 9.17) is 0 Å². The molecule has 23 heavy (non-hydrogen) atoms. The quantitative estimate of drug-likeness (QED) is 0.793. The fourth-order valence-corrected chi connectivity index (χ4v) is 3.75. The molecule has 0 aliphatic heterocycles. The van der Waals surface area contributed by atoms with Crippen LogP contribution < -0.4 is 10.9 Å². The number of hydrogen-bond acceptors (Lipinski definition) is 4. The van der Waals surface area contributed by atoms with Crippen LogP contribution in [-0.4, -0.2) is 9.78 Å². The maximum absolute atomic E-state index is 12.5. The summed E-state index contributed by atoms with van der Waals surface area (Å²) in [5.74, 6) is 0. The number of nitrogens with zero attached hydrogens (tertiary/aromatic N) is 2. The molecule has 0 unspecified atom stereocenters. The average molecular weight is 327 g/mol. The molecule has 1 aromatic carbocycles. The first-order valence-corrected chi connectivity index (χ1v) is 8.56. The molecule has 0 fully saturated rings. The van der Waals surface area contributed by atoms with Crippen LogP contribution >= 0.6 is 11.3 Å². The van der Waals surface area contributed by atoms with Gasteiger partial charge in [-0.25, -0.2) is 4.68 Å². The fourth-order valence-electron chi connectivity index (χ4n) is 2.71. The zero-order valence-corrected chi connectivity index (χ0v) is 14.4. The third kappa shape index (κ3) is 3.35.